The minimum absolute atomic E-state index is 0.144. The average Bonchev–Trinajstić information content (AvgIpc) is 2.81. The Morgan fingerprint density at radius 3 is 2.94 bits per heavy atom. The molecule has 4 nitrogen and oxygen atoms in total. The van der Waals surface area contributed by atoms with Gasteiger partial charge in [0.25, 0.3) is 0 Å². The second-order valence-electron chi connectivity index (χ2n) is 4.06. The summed E-state index contributed by atoms with van der Waals surface area (Å²) in [7, 11) is 0. The first kappa shape index (κ1) is 13.0. The van der Waals surface area contributed by atoms with Gasteiger partial charge in [-0.05, 0) is 18.6 Å². The van der Waals surface area contributed by atoms with Crippen LogP contribution in [0.1, 0.15) is 30.6 Å². The van der Waals surface area contributed by atoms with Crippen molar-refractivity contribution in [1.29, 1.82) is 0 Å². The van der Waals surface area contributed by atoms with Crippen LogP contribution in [0, 0.1) is 5.82 Å². The first-order chi connectivity index (χ1) is 8.61. The van der Waals surface area contributed by atoms with Gasteiger partial charge in [-0.25, -0.2) is 9.07 Å². The van der Waals surface area contributed by atoms with E-state index < -0.39 is 0 Å². The third-order valence-corrected chi connectivity index (χ3v) is 3.11. The zero-order chi connectivity index (χ0) is 13.1. The number of halogens is 2. The van der Waals surface area contributed by atoms with Crippen LogP contribution < -0.4 is 5.73 Å². The van der Waals surface area contributed by atoms with E-state index in [1.807, 2.05) is 6.92 Å². The van der Waals surface area contributed by atoms with Gasteiger partial charge >= 0.3 is 0 Å². The van der Waals surface area contributed by atoms with Crippen LogP contribution in [-0.4, -0.2) is 15.0 Å². The summed E-state index contributed by atoms with van der Waals surface area (Å²) in [6.45, 7) is 2.21. The van der Waals surface area contributed by atoms with E-state index in [0.29, 0.717) is 16.3 Å². The topological polar surface area (TPSA) is 56.7 Å². The van der Waals surface area contributed by atoms with E-state index in [-0.39, 0.29) is 18.4 Å². The monoisotopic (exact) mass is 268 g/mol. The molecular weight excluding hydrogens is 255 g/mol. The molecule has 0 aliphatic carbocycles. The molecule has 0 radical (unpaired) electrons. The maximum Gasteiger partial charge on any atom is 0.129 e. The van der Waals surface area contributed by atoms with Crippen molar-refractivity contribution in [2.24, 2.45) is 5.73 Å². The highest BCUT2D eigenvalue weighted by Crippen LogP contribution is 2.20. The second-order valence-corrected chi connectivity index (χ2v) is 4.46. The number of nitrogens with zero attached hydrogens (tertiary/aromatic N) is 3. The number of rotatable bonds is 4. The molecule has 1 aromatic carbocycles. The summed E-state index contributed by atoms with van der Waals surface area (Å²) in [6, 6.07) is 4.45. The van der Waals surface area contributed by atoms with Crippen LogP contribution in [0.5, 0.6) is 0 Å². The zero-order valence-corrected chi connectivity index (χ0v) is 10.7. The van der Waals surface area contributed by atoms with Crippen molar-refractivity contribution in [2.45, 2.75) is 25.9 Å². The van der Waals surface area contributed by atoms with Crippen molar-refractivity contribution >= 4 is 11.6 Å². The lowest BCUT2D eigenvalue weighted by Crippen LogP contribution is -2.09. The Balaban J connectivity index is 2.21. The predicted octanol–water partition coefficient (Wildman–Crippen LogP) is 2.53. The fraction of sp³-hybridized carbons (Fsp3) is 0.333. The van der Waals surface area contributed by atoms with E-state index in [0.717, 1.165) is 6.42 Å². The number of hydrogen-bond donors (Lipinski definition) is 1. The number of aromatic nitrogens is 3. The molecule has 2 rings (SSSR count). The van der Waals surface area contributed by atoms with Gasteiger partial charge in [-0.3, -0.25) is 0 Å². The maximum atomic E-state index is 13.6. The summed E-state index contributed by atoms with van der Waals surface area (Å²) in [5.74, 6) is -0.348. The molecule has 2 aromatic rings. The summed E-state index contributed by atoms with van der Waals surface area (Å²) < 4.78 is 15.1. The highest BCUT2D eigenvalue weighted by molar-refractivity contribution is 6.31. The van der Waals surface area contributed by atoms with Crippen molar-refractivity contribution in [3.63, 3.8) is 0 Å². The van der Waals surface area contributed by atoms with Gasteiger partial charge in [0.2, 0.25) is 0 Å². The smallest absolute Gasteiger partial charge is 0.129 e. The Morgan fingerprint density at radius 1 is 1.50 bits per heavy atom. The molecule has 0 aliphatic rings. The van der Waals surface area contributed by atoms with E-state index in [1.165, 1.54) is 10.7 Å². The molecule has 0 aliphatic heterocycles. The van der Waals surface area contributed by atoms with Gasteiger partial charge in [0.15, 0.2) is 0 Å². The van der Waals surface area contributed by atoms with E-state index in [4.69, 9.17) is 17.3 Å². The molecule has 0 spiro atoms. The highest BCUT2D eigenvalue weighted by Gasteiger charge is 2.11. The van der Waals surface area contributed by atoms with Crippen LogP contribution in [0.3, 0.4) is 0 Å². The van der Waals surface area contributed by atoms with Gasteiger partial charge in [0.05, 0.1) is 24.5 Å². The minimum Gasteiger partial charge on any atom is -0.323 e. The molecule has 1 unspecified atom stereocenters. The SMILES string of the molecule is CCC(N)c1cn(Cc2c(F)cccc2Cl)nn1. The fourth-order valence-corrected chi connectivity index (χ4v) is 1.84. The number of benzene rings is 1. The van der Waals surface area contributed by atoms with Gasteiger partial charge in [0.1, 0.15) is 5.82 Å². The Kier molecular flexibility index (Phi) is 3.93. The fourth-order valence-electron chi connectivity index (χ4n) is 1.62. The summed E-state index contributed by atoms with van der Waals surface area (Å²) in [4.78, 5) is 0. The minimum atomic E-state index is -0.348. The van der Waals surface area contributed by atoms with Gasteiger partial charge < -0.3 is 5.73 Å². The van der Waals surface area contributed by atoms with Gasteiger partial charge in [0, 0.05) is 10.6 Å². The summed E-state index contributed by atoms with van der Waals surface area (Å²) >= 11 is 5.95. The molecule has 18 heavy (non-hydrogen) atoms. The first-order valence-corrected chi connectivity index (χ1v) is 6.08. The summed E-state index contributed by atoms with van der Waals surface area (Å²) in [6.07, 6.45) is 2.50. The maximum absolute atomic E-state index is 13.6. The summed E-state index contributed by atoms with van der Waals surface area (Å²) in [5.41, 5.74) is 6.95. The van der Waals surface area contributed by atoms with Crippen LogP contribution in [0.2, 0.25) is 5.02 Å². The van der Waals surface area contributed by atoms with Crippen LogP contribution in [0.4, 0.5) is 4.39 Å². The molecule has 0 saturated heterocycles. The van der Waals surface area contributed by atoms with Gasteiger partial charge in [-0.1, -0.05) is 29.8 Å². The molecule has 0 bridgehead atoms. The molecule has 1 aromatic heterocycles. The molecular formula is C12H14ClFN4. The Labute approximate surface area is 110 Å². The van der Waals surface area contributed by atoms with Crippen molar-refractivity contribution in [2.75, 3.05) is 0 Å². The number of hydrogen-bond acceptors (Lipinski definition) is 3. The van der Waals surface area contributed by atoms with Crippen molar-refractivity contribution < 1.29 is 4.39 Å². The third kappa shape index (κ3) is 2.68. The second kappa shape index (κ2) is 5.46. The van der Waals surface area contributed by atoms with Gasteiger partial charge in [-0.2, -0.15) is 0 Å². The third-order valence-electron chi connectivity index (χ3n) is 2.76. The standard InChI is InChI=1S/C12H14ClFN4/c1-2-11(15)12-7-18(17-16-12)6-8-9(13)4-3-5-10(8)14/h3-5,7,11H,2,6,15H2,1H3. The molecule has 0 amide bonds. The molecule has 0 saturated carbocycles. The molecule has 96 valence electrons. The lowest BCUT2D eigenvalue weighted by molar-refractivity contribution is 0.577. The van der Waals surface area contributed by atoms with Crippen molar-refractivity contribution in [3.05, 3.63) is 46.5 Å². The largest absolute Gasteiger partial charge is 0.323 e. The van der Waals surface area contributed by atoms with Crippen LogP contribution in [0.25, 0.3) is 0 Å². The first-order valence-electron chi connectivity index (χ1n) is 5.70. The molecule has 2 N–H and O–H groups in total. The zero-order valence-electron chi connectivity index (χ0n) is 9.98. The van der Waals surface area contributed by atoms with Crippen LogP contribution in [-0.2, 0) is 6.54 Å². The lowest BCUT2D eigenvalue weighted by atomic mass is 10.2. The van der Waals surface area contributed by atoms with E-state index >= 15 is 0 Å². The van der Waals surface area contributed by atoms with E-state index in [1.54, 1.807) is 18.3 Å². The highest BCUT2D eigenvalue weighted by atomic mass is 35.5. The lowest BCUT2D eigenvalue weighted by Gasteiger charge is -2.05. The van der Waals surface area contributed by atoms with Crippen molar-refractivity contribution in [1.82, 2.24) is 15.0 Å². The van der Waals surface area contributed by atoms with Crippen LogP contribution >= 0.6 is 11.6 Å². The van der Waals surface area contributed by atoms with E-state index in [2.05, 4.69) is 10.3 Å². The molecule has 0 fully saturated rings. The van der Waals surface area contributed by atoms with Crippen LogP contribution in [0.15, 0.2) is 24.4 Å². The normalized spacial score (nSPS) is 12.7. The number of nitrogens with two attached hydrogens (primary N) is 1. The van der Waals surface area contributed by atoms with Gasteiger partial charge in [-0.15, -0.1) is 5.10 Å². The Bertz CT molecular complexity index is 520. The molecule has 1 atom stereocenters. The summed E-state index contributed by atoms with van der Waals surface area (Å²) in [5, 5.41) is 8.27. The predicted molar refractivity (Wildman–Crippen MR) is 67.8 cm³/mol. The van der Waals surface area contributed by atoms with E-state index in [9.17, 15) is 4.39 Å². The van der Waals surface area contributed by atoms with Crippen molar-refractivity contribution in [3.8, 4) is 0 Å². The Morgan fingerprint density at radius 2 is 2.28 bits per heavy atom. The Hall–Kier alpha value is -1.46. The quantitative estimate of drug-likeness (QED) is 0.927. The average molecular weight is 269 g/mol. The molecule has 6 heteroatoms. The molecule has 1 heterocycles.